The van der Waals surface area contributed by atoms with Crippen molar-refractivity contribution in [1.82, 2.24) is 4.98 Å². The molecule has 3 nitrogen and oxygen atoms in total. The van der Waals surface area contributed by atoms with Crippen LogP contribution in [0, 0.1) is 11.7 Å². The molecule has 1 aliphatic heterocycles. The van der Waals surface area contributed by atoms with E-state index in [1.807, 2.05) is 4.90 Å². The summed E-state index contributed by atoms with van der Waals surface area (Å²) in [6.07, 6.45) is 3.69. The maximum absolute atomic E-state index is 14.1. The van der Waals surface area contributed by atoms with E-state index in [4.69, 9.17) is 5.11 Å². The van der Waals surface area contributed by atoms with Gasteiger partial charge in [-0.1, -0.05) is 6.92 Å². The molecule has 1 fully saturated rings. The van der Waals surface area contributed by atoms with E-state index in [-0.39, 0.29) is 12.4 Å². The number of aromatic nitrogens is 1. The lowest BCUT2D eigenvalue weighted by Crippen LogP contribution is -2.41. The first-order valence-electron chi connectivity index (χ1n) is 6.14. The molecule has 2 unspecified atom stereocenters. The Bertz CT molecular complexity index is 397. The Kier molecular flexibility index (Phi) is 3.62. The van der Waals surface area contributed by atoms with Crippen LogP contribution in [0.3, 0.4) is 0 Å². The summed E-state index contributed by atoms with van der Waals surface area (Å²) in [6.45, 7) is 4.88. The SMILES string of the molecule is CC1CCN(c2nccc(CO)c2F)C(C)C1. The van der Waals surface area contributed by atoms with Gasteiger partial charge >= 0.3 is 0 Å². The summed E-state index contributed by atoms with van der Waals surface area (Å²) in [5.41, 5.74) is 0.320. The number of hydrogen-bond donors (Lipinski definition) is 1. The number of anilines is 1. The maximum atomic E-state index is 14.1. The lowest BCUT2D eigenvalue weighted by Gasteiger charge is -2.37. The number of rotatable bonds is 2. The molecule has 0 amide bonds. The van der Waals surface area contributed by atoms with Gasteiger partial charge in [0.25, 0.3) is 0 Å². The number of pyridine rings is 1. The molecule has 1 aliphatic rings. The van der Waals surface area contributed by atoms with Gasteiger partial charge in [-0.25, -0.2) is 9.37 Å². The number of hydrogen-bond acceptors (Lipinski definition) is 3. The minimum absolute atomic E-state index is 0.278. The molecule has 0 saturated carbocycles. The van der Waals surface area contributed by atoms with Crippen LogP contribution in [0.2, 0.25) is 0 Å². The Morgan fingerprint density at radius 2 is 2.29 bits per heavy atom. The molecule has 0 spiro atoms. The highest BCUT2D eigenvalue weighted by molar-refractivity contribution is 5.44. The molecule has 17 heavy (non-hydrogen) atoms. The molecule has 1 aromatic rings. The average Bonchev–Trinajstić information content (AvgIpc) is 2.30. The van der Waals surface area contributed by atoms with E-state index in [9.17, 15) is 4.39 Å². The Morgan fingerprint density at radius 1 is 1.53 bits per heavy atom. The standard InChI is InChI=1S/C13H19FN2O/c1-9-4-6-16(10(2)7-9)13-12(14)11(8-17)3-5-15-13/h3,5,9-10,17H,4,6-8H2,1-2H3. The number of piperidine rings is 1. The average molecular weight is 238 g/mol. The van der Waals surface area contributed by atoms with E-state index in [1.165, 1.54) is 6.07 Å². The van der Waals surface area contributed by atoms with Gasteiger partial charge < -0.3 is 10.0 Å². The van der Waals surface area contributed by atoms with Crippen LogP contribution in [0.5, 0.6) is 0 Å². The highest BCUT2D eigenvalue weighted by Gasteiger charge is 2.26. The molecule has 1 saturated heterocycles. The van der Waals surface area contributed by atoms with Crippen molar-refractivity contribution in [2.24, 2.45) is 5.92 Å². The third kappa shape index (κ3) is 2.41. The summed E-state index contributed by atoms with van der Waals surface area (Å²) in [5, 5.41) is 9.06. The molecule has 1 aromatic heterocycles. The molecule has 94 valence electrons. The van der Waals surface area contributed by atoms with Crippen LogP contribution >= 0.6 is 0 Å². The normalized spacial score (nSPS) is 25.1. The molecule has 0 aromatic carbocycles. The number of nitrogens with zero attached hydrogens (tertiary/aromatic N) is 2. The third-order valence-corrected chi connectivity index (χ3v) is 3.53. The fourth-order valence-electron chi connectivity index (χ4n) is 2.52. The minimum Gasteiger partial charge on any atom is -0.392 e. The summed E-state index contributed by atoms with van der Waals surface area (Å²) < 4.78 is 14.1. The summed E-state index contributed by atoms with van der Waals surface area (Å²) in [7, 11) is 0. The van der Waals surface area contributed by atoms with Crippen LogP contribution in [0.15, 0.2) is 12.3 Å². The number of halogens is 1. The summed E-state index contributed by atoms with van der Waals surface area (Å²) >= 11 is 0. The van der Waals surface area contributed by atoms with Crippen molar-refractivity contribution in [2.75, 3.05) is 11.4 Å². The lowest BCUT2D eigenvalue weighted by molar-refractivity contribution is 0.275. The fraction of sp³-hybridized carbons (Fsp3) is 0.615. The van der Waals surface area contributed by atoms with Crippen LogP contribution in [0.25, 0.3) is 0 Å². The topological polar surface area (TPSA) is 36.4 Å². The molecule has 0 bridgehead atoms. The molecule has 0 aliphatic carbocycles. The third-order valence-electron chi connectivity index (χ3n) is 3.53. The molecular formula is C13H19FN2O. The zero-order valence-corrected chi connectivity index (χ0v) is 10.4. The van der Waals surface area contributed by atoms with Crippen molar-refractivity contribution in [3.63, 3.8) is 0 Å². The van der Waals surface area contributed by atoms with E-state index >= 15 is 0 Å². The first-order chi connectivity index (χ1) is 8.13. The highest BCUT2D eigenvalue weighted by atomic mass is 19.1. The van der Waals surface area contributed by atoms with Crippen molar-refractivity contribution in [3.8, 4) is 0 Å². The number of aliphatic hydroxyl groups is 1. The maximum Gasteiger partial charge on any atom is 0.171 e. The zero-order chi connectivity index (χ0) is 12.4. The monoisotopic (exact) mass is 238 g/mol. The molecule has 4 heteroatoms. The second-order valence-corrected chi connectivity index (χ2v) is 4.94. The first kappa shape index (κ1) is 12.3. The van der Waals surface area contributed by atoms with Gasteiger partial charge in [-0.2, -0.15) is 0 Å². The van der Waals surface area contributed by atoms with E-state index in [1.54, 1.807) is 6.20 Å². The van der Waals surface area contributed by atoms with E-state index in [0.29, 0.717) is 23.3 Å². The van der Waals surface area contributed by atoms with Crippen molar-refractivity contribution in [1.29, 1.82) is 0 Å². The number of aliphatic hydroxyl groups excluding tert-OH is 1. The Morgan fingerprint density at radius 3 is 2.94 bits per heavy atom. The van der Waals surface area contributed by atoms with Gasteiger partial charge in [-0.15, -0.1) is 0 Å². The quantitative estimate of drug-likeness (QED) is 0.859. The largest absolute Gasteiger partial charge is 0.392 e. The first-order valence-corrected chi connectivity index (χ1v) is 6.14. The highest BCUT2D eigenvalue weighted by Crippen LogP contribution is 2.29. The Hall–Kier alpha value is -1.16. The van der Waals surface area contributed by atoms with Gasteiger partial charge in [0.2, 0.25) is 0 Å². The van der Waals surface area contributed by atoms with E-state index in [2.05, 4.69) is 18.8 Å². The van der Waals surface area contributed by atoms with Gasteiger partial charge in [0.1, 0.15) is 0 Å². The van der Waals surface area contributed by atoms with E-state index in [0.717, 1.165) is 19.4 Å². The zero-order valence-electron chi connectivity index (χ0n) is 10.4. The molecular weight excluding hydrogens is 219 g/mol. The van der Waals surface area contributed by atoms with Gasteiger partial charge in [0, 0.05) is 24.3 Å². The summed E-state index contributed by atoms with van der Waals surface area (Å²) in [6, 6.07) is 1.82. The van der Waals surface area contributed by atoms with Crippen LogP contribution in [0.1, 0.15) is 32.3 Å². The summed E-state index contributed by atoms with van der Waals surface area (Å²) in [5.74, 6) is 0.692. The Balaban J connectivity index is 2.28. The van der Waals surface area contributed by atoms with Crippen molar-refractivity contribution >= 4 is 5.82 Å². The molecule has 1 N–H and O–H groups in total. The molecule has 2 heterocycles. The predicted octanol–water partition coefficient (Wildman–Crippen LogP) is 2.34. The van der Waals surface area contributed by atoms with Crippen LogP contribution in [-0.2, 0) is 6.61 Å². The second kappa shape index (κ2) is 5.00. The van der Waals surface area contributed by atoms with Gasteiger partial charge in [0.15, 0.2) is 11.6 Å². The van der Waals surface area contributed by atoms with Gasteiger partial charge in [-0.3, -0.25) is 0 Å². The van der Waals surface area contributed by atoms with Crippen molar-refractivity contribution < 1.29 is 9.50 Å². The summed E-state index contributed by atoms with van der Waals surface area (Å²) in [4.78, 5) is 6.13. The van der Waals surface area contributed by atoms with Gasteiger partial charge in [0.05, 0.1) is 6.61 Å². The van der Waals surface area contributed by atoms with Crippen molar-refractivity contribution in [2.45, 2.75) is 39.3 Å². The van der Waals surface area contributed by atoms with Gasteiger partial charge in [-0.05, 0) is 31.7 Å². The lowest BCUT2D eigenvalue weighted by atomic mass is 9.93. The second-order valence-electron chi connectivity index (χ2n) is 4.94. The minimum atomic E-state index is -0.378. The molecule has 0 radical (unpaired) electrons. The predicted molar refractivity (Wildman–Crippen MR) is 65.3 cm³/mol. The molecule has 2 rings (SSSR count). The Labute approximate surface area is 101 Å². The van der Waals surface area contributed by atoms with Crippen LogP contribution in [-0.4, -0.2) is 22.7 Å². The smallest absolute Gasteiger partial charge is 0.171 e. The molecule has 2 atom stereocenters. The fourth-order valence-corrected chi connectivity index (χ4v) is 2.52. The van der Waals surface area contributed by atoms with Crippen molar-refractivity contribution in [3.05, 3.63) is 23.6 Å². The van der Waals surface area contributed by atoms with E-state index < -0.39 is 0 Å². The van der Waals surface area contributed by atoms with Crippen LogP contribution < -0.4 is 4.90 Å². The van der Waals surface area contributed by atoms with Crippen LogP contribution in [0.4, 0.5) is 10.2 Å².